The molecule has 1 aliphatic heterocycles. The Morgan fingerprint density at radius 1 is 1.28 bits per heavy atom. The van der Waals surface area contributed by atoms with Crippen LogP contribution in [0.5, 0.6) is 5.75 Å². The average Bonchev–Trinajstić information content (AvgIpc) is 2.42. The number of hydrogen-bond acceptors (Lipinski definition) is 5. The summed E-state index contributed by atoms with van der Waals surface area (Å²) in [5, 5.41) is 3.33. The van der Waals surface area contributed by atoms with E-state index in [1.54, 1.807) is 13.3 Å². The van der Waals surface area contributed by atoms with Crippen molar-refractivity contribution in [1.82, 2.24) is 14.8 Å². The van der Waals surface area contributed by atoms with Crippen molar-refractivity contribution in [3.8, 4) is 5.75 Å². The summed E-state index contributed by atoms with van der Waals surface area (Å²) in [6.07, 6.45) is 1.73. The highest BCUT2D eigenvalue weighted by atomic mass is 16.5. The molecule has 100 valence electrons. The molecule has 18 heavy (non-hydrogen) atoms. The van der Waals surface area contributed by atoms with Gasteiger partial charge in [-0.15, -0.1) is 0 Å². The zero-order valence-electron chi connectivity index (χ0n) is 11.2. The Morgan fingerprint density at radius 2 is 2.06 bits per heavy atom. The van der Waals surface area contributed by atoms with Gasteiger partial charge < -0.3 is 15.0 Å². The maximum atomic E-state index is 5.08. The summed E-state index contributed by atoms with van der Waals surface area (Å²) in [6, 6.07) is 3.87. The quantitative estimate of drug-likeness (QED) is 0.835. The Labute approximate surface area is 109 Å². The van der Waals surface area contributed by atoms with Crippen molar-refractivity contribution in [2.24, 2.45) is 0 Å². The van der Waals surface area contributed by atoms with E-state index in [1.165, 1.54) is 13.1 Å². The lowest BCUT2D eigenvalue weighted by molar-refractivity contribution is 0.158. The molecule has 0 unspecified atom stereocenters. The van der Waals surface area contributed by atoms with Crippen LogP contribution in [0, 0.1) is 0 Å². The third-order valence-electron chi connectivity index (χ3n) is 3.30. The molecule has 0 aromatic carbocycles. The summed E-state index contributed by atoms with van der Waals surface area (Å²) in [5.74, 6) is 1.70. The summed E-state index contributed by atoms with van der Waals surface area (Å²) in [6.45, 7) is 6.66. The van der Waals surface area contributed by atoms with Gasteiger partial charge in [0, 0.05) is 39.3 Å². The van der Waals surface area contributed by atoms with Crippen LogP contribution < -0.4 is 10.1 Å². The zero-order valence-corrected chi connectivity index (χ0v) is 11.2. The fraction of sp³-hybridized carbons (Fsp3) is 0.615. The summed E-state index contributed by atoms with van der Waals surface area (Å²) in [7, 11) is 3.83. The molecule has 0 spiro atoms. The summed E-state index contributed by atoms with van der Waals surface area (Å²) < 4.78 is 5.08. The molecule has 2 rings (SSSR count). The minimum Gasteiger partial charge on any atom is -0.495 e. The number of likely N-dealkylation sites (N-methyl/N-ethyl adjacent to an activating group) is 1. The van der Waals surface area contributed by atoms with Crippen LogP contribution in [0.25, 0.3) is 0 Å². The number of anilines is 1. The molecule has 5 heteroatoms. The van der Waals surface area contributed by atoms with Crippen LogP contribution in [0.4, 0.5) is 5.82 Å². The second kappa shape index (κ2) is 6.56. The van der Waals surface area contributed by atoms with Crippen LogP contribution in [0.2, 0.25) is 0 Å². The Hall–Kier alpha value is -1.33. The molecule has 0 atom stereocenters. The first kappa shape index (κ1) is 13.1. The normalized spacial score (nSPS) is 17.7. The van der Waals surface area contributed by atoms with E-state index in [0.717, 1.165) is 37.7 Å². The van der Waals surface area contributed by atoms with Crippen LogP contribution in [-0.4, -0.2) is 68.2 Å². The molecular formula is C13H22N4O. The maximum absolute atomic E-state index is 5.08. The number of nitrogens with zero attached hydrogens (tertiary/aromatic N) is 3. The SMILES string of the molecule is COc1ccc(NCCN2CCN(C)CC2)nc1. The third kappa shape index (κ3) is 3.85. The zero-order chi connectivity index (χ0) is 12.8. The van der Waals surface area contributed by atoms with E-state index in [2.05, 4.69) is 27.1 Å². The molecule has 1 saturated heterocycles. The Balaban J connectivity index is 1.68. The van der Waals surface area contributed by atoms with Crippen molar-refractivity contribution in [3.63, 3.8) is 0 Å². The van der Waals surface area contributed by atoms with E-state index >= 15 is 0 Å². The molecule has 0 aliphatic carbocycles. The molecule has 0 radical (unpaired) electrons. The number of methoxy groups -OCH3 is 1. The first-order valence-corrected chi connectivity index (χ1v) is 6.43. The topological polar surface area (TPSA) is 40.6 Å². The molecule has 1 fully saturated rings. The van der Waals surface area contributed by atoms with Crippen molar-refractivity contribution in [2.75, 3.05) is 58.7 Å². The minimum atomic E-state index is 0.791. The number of rotatable bonds is 5. The van der Waals surface area contributed by atoms with Gasteiger partial charge in [0.2, 0.25) is 0 Å². The number of hydrogen-bond donors (Lipinski definition) is 1. The highest BCUT2D eigenvalue weighted by Gasteiger charge is 2.12. The number of piperazine rings is 1. The molecule has 1 aromatic heterocycles. The molecule has 0 saturated carbocycles. The van der Waals surface area contributed by atoms with Crippen molar-refractivity contribution in [1.29, 1.82) is 0 Å². The Morgan fingerprint density at radius 3 is 2.67 bits per heavy atom. The molecule has 1 N–H and O–H groups in total. The Bertz CT molecular complexity index is 347. The van der Waals surface area contributed by atoms with Gasteiger partial charge in [-0.3, -0.25) is 4.90 Å². The number of nitrogens with one attached hydrogen (secondary N) is 1. The Kier molecular flexibility index (Phi) is 4.78. The molecule has 1 aliphatic rings. The van der Waals surface area contributed by atoms with Gasteiger partial charge in [-0.25, -0.2) is 4.98 Å². The van der Waals surface area contributed by atoms with E-state index in [9.17, 15) is 0 Å². The largest absolute Gasteiger partial charge is 0.495 e. The number of pyridine rings is 1. The van der Waals surface area contributed by atoms with E-state index in [4.69, 9.17) is 4.74 Å². The van der Waals surface area contributed by atoms with Gasteiger partial charge in [0.1, 0.15) is 11.6 Å². The summed E-state index contributed by atoms with van der Waals surface area (Å²) in [5.41, 5.74) is 0. The smallest absolute Gasteiger partial charge is 0.137 e. The standard InChI is InChI=1S/C13H22N4O/c1-16-7-9-17(10-8-16)6-5-14-13-4-3-12(18-2)11-15-13/h3-4,11H,5-10H2,1-2H3,(H,14,15). The van der Waals surface area contributed by atoms with E-state index < -0.39 is 0 Å². The van der Waals surface area contributed by atoms with Gasteiger partial charge >= 0.3 is 0 Å². The number of ether oxygens (including phenoxy) is 1. The summed E-state index contributed by atoms with van der Waals surface area (Å²) in [4.78, 5) is 9.13. The second-order valence-electron chi connectivity index (χ2n) is 4.65. The van der Waals surface area contributed by atoms with Gasteiger partial charge in [-0.1, -0.05) is 0 Å². The lowest BCUT2D eigenvalue weighted by Gasteiger charge is -2.32. The molecule has 0 amide bonds. The first-order chi connectivity index (χ1) is 8.78. The monoisotopic (exact) mass is 250 g/mol. The van der Waals surface area contributed by atoms with Crippen molar-refractivity contribution < 1.29 is 4.74 Å². The molecule has 5 nitrogen and oxygen atoms in total. The highest BCUT2D eigenvalue weighted by Crippen LogP contribution is 2.10. The van der Waals surface area contributed by atoms with Gasteiger partial charge in [0.05, 0.1) is 13.3 Å². The van der Waals surface area contributed by atoms with Crippen molar-refractivity contribution in [2.45, 2.75) is 0 Å². The average molecular weight is 250 g/mol. The van der Waals surface area contributed by atoms with E-state index in [1.807, 2.05) is 12.1 Å². The third-order valence-corrected chi connectivity index (χ3v) is 3.30. The van der Waals surface area contributed by atoms with Crippen LogP contribution >= 0.6 is 0 Å². The lowest BCUT2D eigenvalue weighted by atomic mass is 10.3. The van der Waals surface area contributed by atoms with Crippen molar-refractivity contribution >= 4 is 5.82 Å². The van der Waals surface area contributed by atoms with Gasteiger partial charge in [-0.05, 0) is 19.2 Å². The molecular weight excluding hydrogens is 228 g/mol. The van der Waals surface area contributed by atoms with E-state index in [0.29, 0.717) is 0 Å². The number of aromatic nitrogens is 1. The predicted octanol–water partition coefficient (Wildman–Crippen LogP) is 0.750. The second-order valence-corrected chi connectivity index (χ2v) is 4.65. The van der Waals surface area contributed by atoms with Crippen LogP contribution in [0.1, 0.15) is 0 Å². The fourth-order valence-electron chi connectivity index (χ4n) is 2.02. The van der Waals surface area contributed by atoms with Crippen LogP contribution in [0.3, 0.4) is 0 Å². The maximum Gasteiger partial charge on any atom is 0.137 e. The minimum absolute atomic E-state index is 0.791. The fourth-order valence-corrected chi connectivity index (χ4v) is 2.02. The molecule has 0 bridgehead atoms. The molecule has 2 heterocycles. The summed E-state index contributed by atoms with van der Waals surface area (Å²) >= 11 is 0. The van der Waals surface area contributed by atoms with Crippen LogP contribution in [-0.2, 0) is 0 Å². The highest BCUT2D eigenvalue weighted by molar-refractivity contribution is 5.37. The first-order valence-electron chi connectivity index (χ1n) is 6.43. The van der Waals surface area contributed by atoms with Gasteiger partial charge in [0.25, 0.3) is 0 Å². The van der Waals surface area contributed by atoms with Crippen LogP contribution in [0.15, 0.2) is 18.3 Å². The predicted molar refractivity (Wildman–Crippen MR) is 73.2 cm³/mol. The molecule has 1 aromatic rings. The van der Waals surface area contributed by atoms with Crippen molar-refractivity contribution in [3.05, 3.63) is 18.3 Å². The van der Waals surface area contributed by atoms with E-state index in [-0.39, 0.29) is 0 Å². The van der Waals surface area contributed by atoms with Gasteiger partial charge in [-0.2, -0.15) is 0 Å². The lowest BCUT2D eigenvalue weighted by Crippen LogP contribution is -2.45. The van der Waals surface area contributed by atoms with Gasteiger partial charge in [0.15, 0.2) is 0 Å².